The molecule has 22 heavy (non-hydrogen) atoms. The van der Waals surface area contributed by atoms with E-state index in [0.717, 1.165) is 16.3 Å². The molecule has 1 unspecified atom stereocenters. The lowest BCUT2D eigenvalue weighted by Gasteiger charge is -2.16. The van der Waals surface area contributed by atoms with Crippen LogP contribution in [0.5, 0.6) is 5.75 Å². The molecular weight excluding hydrogens is 318 g/mol. The van der Waals surface area contributed by atoms with Gasteiger partial charge in [-0.2, -0.15) is 0 Å². The topological polar surface area (TPSA) is 38.3 Å². The fraction of sp³-hybridized carbons (Fsp3) is 0.235. The molecule has 0 fully saturated rings. The minimum atomic E-state index is -0.613. The predicted molar refractivity (Wildman–Crippen MR) is 93.0 cm³/mol. The van der Waals surface area contributed by atoms with E-state index in [9.17, 15) is 4.79 Å². The SMILES string of the molecule is CCSc1ccccc1NC(=O)C(C)Oc1cccc(Cl)c1. The summed E-state index contributed by atoms with van der Waals surface area (Å²) in [6.45, 7) is 3.79. The molecule has 0 aromatic heterocycles. The molecule has 2 aromatic carbocycles. The molecular formula is C17H18ClNO2S. The van der Waals surface area contributed by atoms with Crippen LogP contribution >= 0.6 is 23.4 Å². The van der Waals surface area contributed by atoms with Gasteiger partial charge in [-0.15, -0.1) is 11.8 Å². The number of ether oxygens (including phenoxy) is 1. The molecule has 0 heterocycles. The third-order valence-electron chi connectivity index (χ3n) is 2.92. The standard InChI is InChI=1S/C17H18ClNO2S/c1-3-22-16-10-5-4-9-15(16)19-17(20)12(2)21-14-8-6-7-13(18)11-14/h4-12H,3H2,1-2H3,(H,19,20). The Morgan fingerprint density at radius 2 is 2.05 bits per heavy atom. The first-order chi connectivity index (χ1) is 10.6. The maximum atomic E-state index is 12.3. The van der Waals surface area contributed by atoms with E-state index >= 15 is 0 Å². The van der Waals surface area contributed by atoms with Gasteiger partial charge in [-0.1, -0.05) is 36.7 Å². The molecule has 1 atom stereocenters. The van der Waals surface area contributed by atoms with Gasteiger partial charge in [0.1, 0.15) is 5.75 Å². The van der Waals surface area contributed by atoms with Crippen LogP contribution in [0.25, 0.3) is 0 Å². The predicted octanol–water partition coefficient (Wildman–Crippen LogP) is 4.86. The highest BCUT2D eigenvalue weighted by Crippen LogP contribution is 2.27. The summed E-state index contributed by atoms with van der Waals surface area (Å²) in [4.78, 5) is 13.3. The first kappa shape index (κ1) is 16.7. The second-order valence-corrected chi connectivity index (χ2v) is 6.38. The highest BCUT2D eigenvalue weighted by Gasteiger charge is 2.16. The Labute approximate surface area is 140 Å². The fourth-order valence-corrected chi connectivity index (χ4v) is 2.82. The van der Waals surface area contributed by atoms with Gasteiger partial charge in [-0.05, 0) is 43.0 Å². The number of hydrogen-bond donors (Lipinski definition) is 1. The molecule has 0 radical (unpaired) electrons. The lowest BCUT2D eigenvalue weighted by molar-refractivity contribution is -0.122. The van der Waals surface area contributed by atoms with Crippen molar-refractivity contribution in [2.75, 3.05) is 11.1 Å². The molecule has 0 aliphatic carbocycles. The van der Waals surface area contributed by atoms with Gasteiger partial charge in [0, 0.05) is 9.92 Å². The van der Waals surface area contributed by atoms with E-state index in [0.29, 0.717) is 10.8 Å². The molecule has 0 aliphatic heterocycles. The van der Waals surface area contributed by atoms with E-state index in [1.54, 1.807) is 43.0 Å². The zero-order valence-electron chi connectivity index (χ0n) is 12.5. The highest BCUT2D eigenvalue weighted by atomic mass is 35.5. The number of carbonyl (C=O) groups is 1. The average molecular weight is 336 g/mol. The quantitative estimate of drug-likeness (QED) is 0.766. The van der Waals surface area contributed by atoms with Crippen molar-refractivity contribution < 1.29 is 9.53 Å². The van der Waals surface area contributed by atoms with Gasteiger partial charge in [0.25, 0.3) is 5.91 Å². The monoisotopic (exact) mass is 335 g/mol. The number of thioether (sulfide) groups is 1. The van der Waals surface area contributed by atoms with Crippen molar-refractivity contribution in [2.24, 2.45) is 0 Å². The molecule has 0 bridgehead atoms. The van der Waals surface area contributed by atoms with Gasteiger partial charge in [-0.3, -0.25) is 4.79 Å². The molecule has 116 valence electrons. The Bertz CT molecular complexity index is 648. The first-order valence-corrected chi connectivity index (χ1v) is 8.41. The lowest BCUT2D eigenvalue weighted by atomic mass is 10.3. The summed E-state index contributed by atoms with van der Waals surface area (Å²) in [5.41, 5.74) is 0.806. The second-order valence-electron chi connectivity index (χ2n) is 4.64. The Balaban J connectivity index is 2.02. The van der Waals surface area contributed by atoms with Crippen LogP contribution in [0.1, 0.15) is 13.8 Å². The largest absolute Gasteiger partial charge is 0.481 e. The van der Waals surface area contributed by atoms with Crippen LogP contribution in [0.15, 0.2) is 53.4 Å². The molecule has 2 aromatic rings. The summed E-state index contributed by atoms with van der Waals surface area (Å²) in [6.07, 6.45) is -0.613. The molecule has 2 rings (SSSR count). The van der Waals surface area contributed by atoms with E-state index in [1.165, 1.54) is 0 Å². The second kappa shape index (κ2) is 8.11. The van der Waals surface area contributed by atoms with Crippen LogP contribution in [0, 0.1) is 0 Å². The van der Waals surface area contributed by atoms with E-state index in [2.05, 4.69) is 12.2 Å². The van der Waals surface area contributed by atoms with Crippen LogP contribution in [0.4, 0.5) is 5.69 Å². The summed E-state index contributed by atoms with van der Waals surface area (Å²) in [5.74, 6) is 1.33. The number of halogens is 1. The smallest absolute Gasteiger partial charge is 0.265 e. The van der Waals surface area contributed by atoms with Gasteiger partial charge in [0.15, 0.2) is 6.10 Å². The zero-order chi connectivity index (χ0) is 15.9. The zero-order valence-corrected chi connectivity index (χ0v) is 14.1. The number of amides is 1. The summed E-state index contributed by atoms with van der Waals surface area (Å²) in [7, 11) is 0. The van der Waals surface area contributed by atoms with Crippen LogP contribution in [-0.4, -0.2) is 17.8 Å². The number of benzene rings is 2. The molecule has 0 saturated carbocycles. The van der Waals surface area contributed by atoms with E-state index in [4.69, 9.17) is 16.3 Å². The van der Waals surface area contributed by atoms with Crippen molar-refractivity contribution in [3.8, 4) is 5.75 Å². The minimum absolute atomic E-state index is 0.191. The van der Waals surface area contributed by atoms with Crippen LogP contribution in [0.3, 0.4) is 0 Å². The van der Waals surface area contributed by atoms with Crippen molar-refractivity contribution >= 4 is 35.0 Å². The van der Waals surface area contributed by atoms with Gasteiger partial charge in [0.05, 0.1) is 5.69 Å². The van der Waals surface area contributed by atoms with Gasteiger partial charge >= 0.3 is 0 Å². The summed E-state index contributed by atoms with van der Waals surface area (Å²) in [6, 6.07) is 14.8. The Kier molecular flexibility index (Phi) is 6.16. The average Bonchev–Trinajstić information content (AvgIpc) is 2.49. The van der Waals surface area contributed by atoms with Crippen molar-refractivity contribution in [1.82, 2.24) is 0 Å². The van der Waals surface area contributed by atoms with Crippen molar-refractivity contribution in [3.05, 3.63) is 53.6 Å². The fourth-order valence-electron chi connectivity index (χ4n) is 1.88. The van der Waals surface area contributed by atoms with Gasteiger partial charge in [-0.25, -0.2) is 0 Å². The van der Waals surface area contributed by atoms with Gasteiger partial charge in [0.2, 0.25) is 0 Å². The molecule has 5 heteroatoms. The molecule has 0 aliphatic rings. The first-order valence-electron chi connectivity index (χ1n) is 7.05. The van der Waals surface area contributed by atoms with E-state index in [1.807, 2.05) is 24.3 Å². The lowest BCUT2D eigenvalue weighted by Crippen LogP contribution is -2.30. The van der Waals surface area contributed by atoms with Crippen molar-refractivity contribution in [3.63, 3.8) is 0 Å². The number of nitrogens with one attached hydrogen (secondary N) is 1. The molecule has 0 spiro atoms. The Morgan fingerprint density at radius 3 is 2.77 bits per heavy atom. The maximum Gasteiger partial charge on any atom is 0.265 e. The normalized spacial score (nSPS) is 11.8. The van der Waals surface area contributed by atoms with Crippen LogP contribution < -0.4 is 10.1 Å². The van der Waals surface area contributed by atoms with Crippen LogP contribution in [0.2, 0.25) is 5.02 Å². The molecule has 1 amide bonds. The Morgan fingerprint density at radius 1 is 1.27 bits per heavy atom. The number of anilines is 1. The molecule has 1 N–H and O–H groups in total. The molecule has 3 nitrogen and oxygen atoms in total. The van der Waals surface area contributed by atoms with Crippen LogP contribution in [-0.2, 0) is 4.79 Å². The number of hydrogen-bond acceptors (Lipinski definition) is 3. The summed E-state index contributed by atoms with van der Waals surface area (Å²) >= 11 is 7.60. The van der Waals surface area contributed by atoms with Crippen molar-refractivity contribution in [1.29, 1.82) is 0 Å². The Hall–Kier alpha value is -1.65. The van der Waals surface area contributed by atoms with E-state index < -0.39 is 6.10 Å². The molecule has 0 saturated heterocycles. The third kappa shape index (κ3) is 4.68. The maximum absolute atomic E-state index is 12.3. The summed E-state index contributed by atoms with van der Waals surface area (Å²) < 4.78 is 5.63. The van der Waals surface area contributed by atoms with E-state index in [-0.39, 0.29) is 5.91 Å². The summed E-state index contributed by atoms with van der Waals surface area (Å²) in [5, 5.41) is 3.49. The highest BCUT2D eigenvalue weighted by molar-refractivity contribution is 7.99. The van der Waals surface area contributed by atoms with Gasteiger partial charge < -0.3 is 10.1 Å². The number of para-hydroxylation sites is 1. The minimum Gasteiger partial charge on any atom is -0.481 e. The third-order valence-corrected chi connectivity index (χ3v) is 4.11. The number of carbonyl (C=O) groups excluding carboxylic acids is 1. The number of rotatable bonds is 6. The van der Waals surface area contributed by atoms with Crippen molar-refractivity contribution in [2.45, 2.75) is 24.8 Å².